The monoisotopic (exact) mass is 239 g/mol. The molecule has 1 aliphatic carbocycles. The Kier molecular flexibility index (Phi) is 5.69. The summed E-state index contributed by atoms with van der Waals surface area (Å²) in [6.07, 6.45) is 4.32. The molecular weight excluding hydrogens is 214 g/mol. The molecule has 3 heteroatoms. The largest absolute Gasteiger partial charge is 0.463 e. The van der Waals surface area contributed by atoms with Crippen molar-refractivity contribution in [1.82, 2.24) is 4.90 Å². The first kappa shape index (κ1) is 14.2. The molecule has 0 saturated heterocycles. The predicted molar refractivity (Wildman–Crippen MR) is 69.8 cm³/mol. The fraction of sp³-hybridized carbons (Fsp3) is 0.786. The number of hydrogen-bond donors (Lipinski definition) is 0. The van der Waals surface area contributed by atoms with Crippen molar-refractivity contribution in [1.29, 1.82) is 0 Å². The first-order valence-electron chi connectivity index (χ1n) is 6.76. The fourth-order valence-corrected chi connectivity index (χ4v) is 2.54. The Morgan fingerprint density at radius 3 is 2.53 bits per heavy atom. The summed E-state index contributed by atoms with van der Waals surface area (Å²) < 4.78 is 5.17. The highest BCUT2D eigenvalue weighted by molar-refractivity contribution is 5.90. The summed E-state index contributed by atoms with van der Waals surface area (Å²) in [6, 6.07) is 0.250. The Morgan fingerprint density at radius 2 is 2.00 bits per heavy atom. The van der Waals surface area contributed by atoms with E-state index >= 15 is 0 Å². The second-order valence-corrected chi connectivity index (χ2v) is 4.63. The fourth-order valence-electron chi connectivity index (χ4n) is 2.54. The van der Waals surface area contributed by atoms with Crippen LogP contribution in [0.1, 0.15) is 40.5 Å². The van der Waals surface area contributed by atoms with Gasteiger partial charge in [-0.2, -0.15) is 0 Å². The van der Waals surface area contributed by atoms with Crippen LogP contribution in [0.2, 0.25) is 0 Å². The number of rotatable bonds is 5. The van der Waals surface area contributed by atoms with Gasteiger partial charge in [0.15, 0.2) is 0 Å². The molecule has 0 spiro atoms. The molecule has 1 rings (SSSR count). The first-order valence-corrected chi connectivity index (χ1v) is 6.76. The normalized spacial score (nSPS) is 24.6. The van der Waals surface area contributed by atoms with E-state index in [9.17, 15) is 4.79 Å². The molecule has 3 nitrogen and oxygen atoms in total. The summed E-state index contributed by atoms with van der Waals surface area (Å²) in [5.41, 5.74) is 0.870. The zero-order valence-corrected chi connectivity index (χ0v) is 11.5. The number of carbonyl (C=O) groups is 1. The maximum atomic E-state index is 12.0. The van der Waals surface area contributed by atoms with Crippen LogP contribution in [0, 0.1) is 5.92 Å². The van der Waals surface area contributed by atoms with E-state index in [0.717, 1.165) is 31.5 Å². The molecule has 0 aromatic rings. The second kappa shape index (κ2) is 6.80. The van der Waals surface area contributed by atoms with Gasteiger partial charge >= 0.3 is 5.97 Å². The van der Waals surface area contributed by atoms with E-state index in [1.165, 1.54) is 0 Å². The van der Waals surface area contributed by atoms with Crippen molar-refractivity contribution in [3.63, 3.8) is 0 Å². The van der Waals surface area contributed by atoms with E-state index < -0.39 is 0 Å². The van der Waals surface area contributed by atoms with Crippen LogP contribution in [0.4, 0.5) is 0 Å². The maximum Gasteiger partial charge on any atom is 0.335 e. The number of carbonyl (C=O) groups excluding carboxylic acids is 1. The van der Waals surface area contributed by atoms with Crippen LogP contribution in [0.3, 0.4) is 0 Å². The summed E-state index contributed by atoms with van der Waals surface area (Å²) in [4.78, 5) is 14.3. The van der Waals surface area contributed by atoms with E-state index in [1.54, 1.807) is 0 Å². The average Bonchev–Trinajstić information content (AvgIpc) is 2.32. The van der Waals surface area contributed by atoms with Gasteiger partial charge in [-0.05, 0) is 38.8 Å². The summed E-state index contributed by atoms with van der Waals surface area (Å²) in [7, 11) is 0. The van der Waals surface area contributed by atoms with Gasteiger partial charge in [-0.15, -0.1) is 0 Å². The standard InChI is InChI=1S/C14H25NO2/c1-5-15(6-2)13-9-8-11(4)10-12(13)14(16)17-7-3/h10-11,13H,5-9H2,1-4H3. The SMILES string of the molecule is CCOC(=O)C1=CC(C)CCC1N(CC)CC. The minimum Gasteiger partial charge on any atom is -0.463 e. The van der Waals surface area contributed by atoms with E-state index in [1.807, 2.05) is 6.92 Å². The molecular formula is C14H25NO2. The third-order valence-corrected chi connectivity index (χ3v) is 3.48. The highest BCUT2D eigenvalue weighted by Gasteiger charge is 2.30. The van der Waals surface area contributed by atoms with E-state index in [4.69, 9.17) is 4.74 Å². The molecule has 0 aromatic heterocycles. The van der Waals surface area contributed by atoms with Crippen LogP contribution >= 0.6 is 0 Å². The molecule has 0 fully saturated rings. The lowest BCUT2D eigenvalue weighted by Gasteiger charge is -2.34. The van der Waals surface area contributed by atoms with Gasteiger partial charge in [-0.3, -0.25) is 4.90 Å². The average molecular weight is 239 g/mol. The van der Waals surface area contributed by atoms with Crippen molar-refractivity contribution >= 4 is 5.97 Å². The zero-order chi connectivity index (χ0) is 12.8. The molecule has 0 N–H and O–H groups in total. The lowest BCUT2D eigenvalue weighted by molar-refractivity contribution is -0.139. The van der Waals surface area contributed by atoms with Gasteiger partial charge < -0.3 is 4.74 Å². The van der Waals surface area contributed by atoms with Gasteiger partial charge in [0.1, 0.15) is 0 Å². The van der Waals surface area contributed by atoms with Crippen LogP contribution in [-0.4, -0.2) is 36.6 Å². The summed E-state index contributed by atoms with van der Waals surface area (Å²) in [6.45, 7) is 10.7. The molecule has 0 amide bonds. The Hall–Kier alpha value is -0.830. The van der Waals surface area contributed by atoms with Gasteiger partial charge in [0.2, 0.25) is 0 Å². The molecule has 2 unspecified atom stereocenters. The Labute approximate surface area is 105 Å². The van der Waals surface area contributed by atoms with Gasteiger partial charge in [-0.1, -0.05) is 26.8 Å². The van der Waals surface area contributed by atoms with Crippen LogP contribution < -0.4 is 0 Å². The Balaban J connectivity index is 2.87. The van der Waals surface area contributed by atoms with Crippen molar-refractivity contribution in [2.75, 3.05) is 19.7 Å². The lowest BCUT2D eigenvalue weighted by atomic mass is 9.87. The smallest absolute Gasteiger partial charge is 0.335 e. The van der Waals surface area contributed by atoms with Crippen LogP contribution in [-0.2, 0) is 9.53 Å². The number of ether oxygens (including phenoxy) is 1. The Bertz CT molecular complexity index is 282. The molecule has 0 saturated carbocycles. The third-order valence-electron chi connectivity index (χ3n) is 3.48. The van der Waals surface area contributed by atoms with Crippen molar-refractivity contribution in [3.8, 4) is 0 Å². The molecule has 0 bridgehead atoms. The van der Waals surface area contributed by atoms with Gasteiger partial charge in [0, 0.05) is 6.04 Å². The molecule has 98 valence electrons. The quantitative estimate of drug-likeness (QED) is 0.691. The van der Waals surface area contributed by atoms with Crippen molar-refractivity contribution in [2.45, 2.75) is 46.6 Å². The highest BCUT2D eigenvalue weighted by Crippen LogP contribution is 2.27. The minimum absolute atomic E-state index is 0.129. The molecule has 0 aliphatic heterocycles. The molecule has 0 heterocycles. The summed E-state index contributed by atoms with van der Waals surface area (Å²) in [5.74, 6) is 0.358. The van der Waals surface area contributed by atoms with Gasteiger partial charge in [0.05, 0.1) is 12.2 Å². The van der Waals surface area contributed by atoms with Gasteiger partial charge in [-0.25, -0.2) is 4.79 Å². The zero-order valence-electron chi connectivity index (χ0n) is 11.5. The Morgan fingerprint density at radius 1 is 1.35 bits per heavy atom. The van der Waals surface area contributed by atoms with Crippen molar-refractivity contribution in [2.24, 2.45) is 5.92 Å². The number of nitrogens with zero attached hydrogens (tertiary/aromatic N) is 1. The number of hydrogen-bond acceptors (Lipinski definition) is 3. The van der Waals surface area contributed by atoms with E-state index in [-0.39, 0.29) is 12.0 Å². The number of esters is 1. The number of likely N-dealkylation sites (N-methyl/N-ethyl adjacent to an activating group) is 1. The van der Waals surface area contributed by atoms with Crippen molar-refractivity contribution in [3.05, 3.63) is 11.6 Å². The van der Waals surface area contributed by atoms with E-state index in [2.05, 4.69) is 31.7 Å². The minimum atomic E-state index is -0.129. The highest BCUT2D eigenvalue weighted by atomic mass is 16.5. The van der Waals surface area contributed by atoms with E-state index in [0.29, 0.717) is 12.5 Å². The molecule has 2 atom stereocenters. The first-order chi connectivity index (χ1) is 8.13. The summed E-state index contributed by atoms with van der Waals surface area (Å²) >= 11 is 0. The second-order valence-electron chi connectivity index (χ2n) is 4.63. The third kappa shape index (κ3) is 3.56. The molecule has 17 heavy (non-hydrogen) atoms. The number of allylic oxidation sites excluding steroid dienone is 1. The molecule has 1 aliphatic rings. The molecule has 0 radical (unpaired) electrons. The summed E-state index contributed by atoms with van der Waals surface area (Å²) in [5, 5.41) is 0. The maximum absolute atomic E-state index is 12.0. The molecule has 0 aromatic carbocycles. The van der Waals surface area contributed by atoms with Crippen molar-refractivity contribution < 1.29 is 9.53 Å². The van der Waals surface area contributed by atoms with Crippen LogP contribution in [0.25, 0.3) is 0 Å². The van der Waals surface area contributed by atoms with Crippen LogP contribution in [0.5, 0.6) is 0 Å². The lowest BCUT2D eigenvalue weighted by Crippen LogP contribution is -2.41. The predicted octanol–water partition coefficient (Wildman–Crippen LogP) is 2.62. The topological polar surface area (TPSA) is 29.5 Å². The van der Waals surface area contributed by atoms with Crippen LogP contribution in [0.15, 0.2) is 11.6 Å². The van der Waals surface area contributed by atoms with Gasteiger partial charge in [0.25, 0.3) is 0 Å².